The van der Waals surface area contributed by atoms with Crippen LogP contribution < -0.4 is 0 Å². The molecule has 0 radical (unpaired) electrons. The minimum absolute atomic E-state index is 0.0172. The molecule has 0 saturated carbocycles. The van der Waals surface area contributed by atoms with Gasteiger partial charge in [-0.3, -0.25) is 0 Å². The summed E-state index contributed by atoms with van der Waals surface area (Å²) in [6.07, 6.45) is 2.50. The molecule has 0 bridgehead atoms. The number of benzene rings is 1. The molecule has 126 valence electrons. The van der Waals surface area contributed by atoms with Crippen LogP contribution in [0.15, 0.2) is 22.7 Å². The van der Waals surface area contributed by atoms with Crippen molar-refractivity contribution in [3.63, 3.8) is 0 Å². The Morgan fingerprint density at radius 3 is 2.78 bits per heavy atom. The smallest absolute Gasteiger partial charge is 0.244 e. The first-order valence-corrected chi connectivity index (χ1v) is 9.41. The number of nitrogens with zero attached hydrogens (tertiary/aromatic N) is 2. The van der Waals surface area contributed by atoms with Gasteiger partial charge in [-0.25, -0.2) is 12.8 Å². The Morgan fingerprint density at radius 1 is 1.39 bits per heavy atom. The summed E-state index contributed by atoms with van der Waals surface area (Å²) in [7, 11) is -3.74. The Bertz CT molecular complexity index is 757. The van der Waals surface area contributed by atoms with E-state index in [2.05, 4.69) is 10.1 Å². The van der Waals surface area contributed by atoms with E-state index in [4.69, 9.17) is 16.1 Å². The lowest BCUT2D eigenvalue weighted by atomic mass is 10.2. The molecule has 23 heavy (non-hydrogen) atoms. The zero-order valence-corrected chi connectivity index (χ0v) is 14.5. The molecule has 1 heterocycles. The predicted molar refractivity (Wildman–Crippen MR) is 85.4 cm³/mol. The van der Waals surface area contributed by atoms with Crippen molar-refractivity contribution >= 4 is 21.4 Å². The third kappa shape index (κ3) is 4.29. The summed E-state index contributed by atoms with van der Waals surface area (Å²) in [5, 5.41) is 2.83. The minimum Gasteiger partial charge on any atom is -0.338 e. The zero-order valence-electron chi connectivity index (χ0n) is 12.9. The summed E-state index contributed by atoms with van der Waals surface area (Å²) in [5.41, 5.74) is -0.0493. The normalized spacial score (nSPS) is 13.2. The van der Waals surface area contributed by atoms with E-state index in [-0.39, 0.29) is 16.5 Å². The van der Waals surface area contributed by atoms with Gasteiger partial charge in [-0.15, -0.1) is 0 Å². The van der Waals surface area contributed by atoms with Crippen LogP contribution in [-0.4, -0.2) is 18.6 Å². The minimum atomic E-state index is -3.74. The molecule has 8 heteroatoms. The molecule has 5 nitrogen and oxygen atoms in total. The SMILES string of the molecule is CCCCc1noc(C(C)S(=O)(=O)Cc2c(F)cccc2Cl)n1. The number of sulfone groups is 1. The Balaban J connectivity index is 2.20. The third-order valence-electron chi connectivity index (χ3n) is 3.53. The van der Waals surface area contributed by atoms with Crippen LogP contribution in [-0.2, 0) is 22.0 Å². The van der Waals surface area contributed by atoms with Crippen LogP contribution in [0.4, 0.5) is 4.39 Å². The molecular formula is C15H18ClFN2O3S. The maximum Gasteiger partial charge on any atom is 0.244 e. The van der Waals surface area contributed by atoms with E-state index in [1.807, 2.05) is 6.92 Å². The van der Waals surface area contributed by atoms with Crippen molar-refractivity contribution in [2.24, 2.45) is 0 Å². The number of unbranched alkanes of at least 4 members (excludes halogenated alkanes) is 1. The van der Waals surface area contributed by atoms with E-state index in [1.165, 1.54) is 25.1 Å². The molecule has 0 fully saturated rings. The molecule has 2 rings (SSSR count). The van der Waals surface area contributed by atoms with Crippen LogP contribution in [0.5, 0.6) is 0 Å². The maximum atomic E-state index is 13.8. The van der Waals surface area contributed by atoms with E-state index in [1.54, 1.807) is 0 Å². The second-order valence-corrected chi connectivity index (χ2v) is 8.03. The van der Waals surface area contributed by atoms with Crippen molar-refractivity contribution in [1.29, 1.82) is 0 Å². The third-order valence-corrected chi connectivity index (χ3v) is 5.86. The zero-order chi connectivity index (χ0) is 17.0. The lowest BCUT2D eigenvalue weighted by Gasteiger charge is -2.10. The van der Waals surface area contributed by atoms with E-state index in [0.717, 1.165) is 12.8 Å². The first-order valence-electron chi connectivity index (χ1n) is 7.32. The fourth-order valence-electron chi connectivity index (χ4n) is 2.02. The predicted octanol–water partition coefficient (Wildman–Crippen LogP) is 3.88. The second-order valence-electron chi connectivity index (χ2n) is 5.30. The van der Waals surface area contributed by atoms with Crippen LogP contribution in [0.2, 0.25) is 5.02 Å². The number of halogens is 2. The van der Waals surface area contributed by atoms with Crippen molar-refractivity contribution in [2.45, 2.75) is 44.1 Å². The fourth-order valence-corrected chi connectivity index (χ4v) is 3.68. The molecule has 1 unspecified atom stereocenters. The van der Waals surface area contributed by atoms with Crippen LogP contribution in [0.1, 0.15) is 49.2 Å². The Kier molecular flexibility index (Phi) is 5.75. The molecule has 0 aliphatic carbocycles. The molecule has 0 aliphatic rings. The first kappa shape index (κ1) is 17.9. The summed E-state index contributed by atoms with van der Waals surface area (Å²) in [6, 6.07) is 4.06. The Morgan fingerprint density at radius 2 is 2.13 bits per heavy atom. The molecule has 1 aromatic heterocycles. The highest BCUT2D eigenvalue weighted by Crippen LogP contribution is 2.28. The number of aromatic nitrogens is 2. The van der Waals surface area contributed by atoms with Gasteiger partial charge < -0.3 is 4.52 Å². The Labute approximate surface area is 139 Å². The lowest BCUT2D eigenvalue weighted by Crippen LogP contribution is -2.14. The molecular weight excluding hydrogens is 343 g/mol. The average Bonchev–Trinajstić information content (AvgIpc) is 2.97. The van der Waals surface area contributed by atoms with Gasteiger partial charge in [0.15, 0.2) is 15.7 Å². The van der Waals surface area contributed by atoms with E-state index in [0.29, 0.717) is 12.2 Å². The van der Waals surface area contributed by atoms with Gasteiger partial charge in [0.1, 0.15) is 11.1 Å². The quantitative estimate of drug-likeness (QED) is 0.749. The second kappa shape index (κ2) is 7.40. The van der Waals surface area contributed by atoms with Gasteiger partial charge in [0.2, 0.25) is 5.89 Å². The first-order chi connectivity index (χ1) is 10.8. The highest BCUT2D eigenvalue weighted by Gasteiger charge is 2.30. The van der Waals surface area contributed by atoms with Gasteiger partial charge in [-0.05, 0) is 25.5 Å². The van der Waals surface area contributed by atoms with E-state index < -0.39 is 26.7 Å². The van der Waals surface area contributed by atoms with E-state index >= 15 is 0 Å². The summed E-state index contributed by atoms with van der Waals surface area (Å²) in [6.45, 7) is 3.48. The highest BCUT2D eigenvalue weighted by molar-refractivity contribution is 7.90. The molecule has 0 spiro atoms. The molecule has 0 amide bonds. The van der Waals surface area contributed by atoms with Gasteiger partial charge in [0, 0.05) is 17.0 Å². The number of hydrogen-bond donors (Lipinski definition) is 0. The van der Waals surface area contributed by atoms with Crippen LogP contribution in [0.3, 0.4) is 0 Å². The number of rotatable bonds is 7. The van der Waals surface area contributed by atoms with Crippen molar-refractivity contribution < 1.29 is 17.3 Å². The van der Waals surface area contributed by atoms with Gasteiger partial charge in [-0.2, -0.15) is 4.98 Å². The highest BCUT2D eigenvalue weighted by atomic mass is 35.5. The van der Waals surface area contributed by atoms with Crippen molar-refractivity contribution in [1.82, 2.24) is 10.1 Å². The lowest BCUT2D eigenvalue weighted by molar-refractivity contribution is 0.370. The monoisotopic (exact) mass is 360 g/mol. The maximum absolute atomic E-state index is 13.8. The van der Waals surface area contributed by atoms with Gasteiger partial charge >= 0.3 is 0 Å². The summed E-state index contributed by atoms with van der Waals surface area (Å²) in [4.78, 5) is 4.12. The number of hydrogen-bond acceptors (Lipinski definition) is 5. The molecule has 0 saturated heterocycles. The summed E-state index contributed by atoms with van der Waals surface area (Å²) in [5.74, 6) is -0.675. The van der Waals surface area contributed by atoms with E-state index in [9.17, 15) is 12.8 Å². The van der Waals surface area contributed by atoms with Crippen LogP contribution in [0, 0.1) is 5.82 Å². The summed E-state index contributed by atoms with van der Waals surface area (Å²) < 4.78 is 43.8. The van der Waals surface area contributed by atoms with Crippen molar-refractivity contribution in [2.75, 3.05) is 0 Å². The van der Waals surface area contributed by atoms with Gasteiger partial charge in [0.25, 0.3) is 0 Å². The molecule has 1 atom stereocenters. The van der Waals surface area contributed by atoms with Crippen LogP contribution in [0.25, 0.3) is 0 Å². The number of aryl methyl sites for hydroxylation is 1. The average molecular weight is 361 g/mol. The van der Waals surface area contributed by atoms with Crippen LogP contribution >= 0.6 is 11.6 Å². The van der Waals surface area contributed by atoms with Gasteiger partial charge in [0.05, 0.1) is 5.75 Å². The fraction of sp³-hybridized carbons (Fsp3) is 0.467. The molecule has 1 aromatic carbocycles. The Hall–Kier alpha value is -1.47. The summed E-state index contributed by atoms with van der Waals surface area (Å²) >= 11 is 5.89. The topological polar surface area (TPSA) is 73.1 Å². The van der Waals surface area contributed by atoms with Crippen molar-refractivity contribution in [3.8, 4) is 0 Å². The van der Waals surface area contributed by atoms with Gasteiger partial charge in [-0.1, -0.05) is 36.2 Å². The van der Waals surface area contributed by atoms with Crippen molar-refractivity contribution in [3.05, 3.63) is 46.3 Å². The standard InChI is InChI=1S/C15H18ClFN2O3S/c1-3-4-8-14-18-15(22-19-14)10(2)23(20,21)9-11-12(16)6-5-7-13(11)17/h5-7,10H,3-4,8-9H2,1-2H3. The molecule has 0 aliphatic heterocycles. The molecule has 0 N–H and O–H groups in total. The largest absolute Gasteiger partial charge is 0.338 e. The molecule has 2 aromatic rings.